The van der Waals surface area contributed by atoms with Gasteiger partial charge in [0.15, 0.2) is 5.75 Å². The van der Waals surface area contributed by atoms with Crippen LogP contribution >= 0.6 is 0 Å². The Morgan fingerprint density at radius 2 is 1.47 bits per heavy atom. The molecule has 3 rings (SSSR count). The van der Waals surface area contributed by atoms with E-state index < -0.39 is 84.0 Å². The molecule has 0 aromatic heterocycles. The van der Waals surface area contributed by atoms with Crippen LogP contribution in [0.3, 0.4) is 0 Å². The lowest BCUT2D eigenvalue weighted by atomic mass is 9.98. The van der Waals surface area contributed by atoms with E-state index in [1.807, 2.05) is 36.4 Å². The number of benzene rings is 3. The fourth-order valence-corrected chi connectivity index (χ4v) is 3.83. The van der Waals surface area contributed by atoms with Gasteiger partial charge in [-0.3, -0.25) is 14.4 Å². The number of hydrogen-bond donors (Lipinski definition) is 3. The van der Waals surface area contributed by atoms with Crippen molar-refractivity contribution in [2.45, 2.75) is 25.3 Å². The van der Waals surface area contributed by atoms with Gasteiger partial charge in [0.05, 0.1) is 18.9 Å². The highest BCUT2D eigenvalue weighted by Crippen LogP contribution is 2.29. The van der Waals surface area contributed by atoms with E-state index in [4.69, 9.17) is 4.74 Å². The van der Waals surface area contributed by atoms with Gasteiger partial charge in [0, 0.05) is 13.5 Å². The fourth-order valence-electron chi connectivity index (χ4n) is 3.83. The Kier molecular flexibility index (Phi) is 9.21. The third kappa shape index (κ3) is 6.55. The molecule has 3 N–H and O–H groups in total. The monoisotopic (exact) mass is 538 g/mol. The van der Waals surface area contributed by atoms with Gasteiger partial charge < -0.3 is 20.5 Å². The minimum Gasteiger partial charge on any atom is -0.487 e. The lowest BCUT2D eigenvalue weighted by Gasteiger charge is -2.22. The highest BCUT2D eigenvalue weighted by atomic mass is 19.2. The number of aliphatic carboxylic acids is 1. The van der Waals surface area contributed by atoms with Gasteiger partial charge in [0.1, 0.15) is 6.04 Å². The first-order chi connectivity index (χ1) is 18.0. The van der Waals surface area contributed by atoms with E-state index in [0.29, 0.717) is 5.56 Å². The van der Waals surface area contributed by atoms with Crippen LogP contribution in [0.25, 0.3) is 10.8 Å². The van der Waals surface area contributed by atoms with Crippen molar-refractivity contribution in [3.8, 4) is 5.75 Å². The first-order valence-electron chi connectivity index (χ1n) is 11.4. The van der Waals surface area contributed by atoms with Gasteiger partial charge in [-0.2, -0.15) is 8.78 Å². The average molecular weight is 538 g/mol. The molecule has 2 atom stereocenters. The minimum atomic E-state index is -2.36. The average Bonchev–Trinajstić information content (AvgIpc) is 2.90. The van der Waals surface area contributed by atoms with Gasteiger partial charge in [-0.15, -0.1) is 0 Å². The largest absolute Gasteiger partial charge is 0.487 e. The third-order valence-electron chi connectivity index (χ3n) is 5.81. The van der Waals surface area contributed by atoms with Gasteiger partial charge in [-0.1, -0.05) is 42.5 Å². The predicted octanol–water partition coefficient (Wildman–Crippen LogP) is 3.87. The van der Waals surface area contributed by atoms with Crippen molar-refractivity contribution >= 4 is 28.6 Å². The topological polar surface area (TPSA) is 105 Å². The molecule has 0 aliphatic heterocycles. The number of carbonyl (C=O) groups excluding carboxylic acids is 2. The molecule has 0 heterocycles. The SMILES string of the molecule is CNC(=O)C(Cc1ccc2ccccc2c1)NC(=O)C(CCOc1c(F)c(F)c(F)c(F)c1F)CC(=O)O. The van der Waals surface area contributed by atoms with E-state index in [1.54, 1.807) is 6.07 Å². The smallest absolute Gasteiger partial charge is 0.304 e. The summed E-state index contributed by atoms with van der Waals surface area (Å²) >= 11 is 0. The molecule has 0 aliphatic carbocycles. The molecule has 202 valence electrons. The first-order valence-corrected chi connectivity index (χ1v) is 11.4. The van der Waals surface area contributed by atoms with E-state index in [1.165, 1.54) is 7.05 Å². The van der Waals surface area contributed by atoms with E-state index in [-0.39, 0.29) is 6.42 Å². The molecular weight excluding hydrogens is 515 g/mol. The molecule has 0 spiro atoms. The Hall–Kier alpha value is -4.22. The molecule has 7 nitrogen and oxygen atoms in total. The Labute approximate surface area is 213 Å². The van der Waals surface area contributed by atoms with Crippen LogP contribution < -0.4 is 15.4 Å². The van der Waals surface area contributed by atoms with Crippen molar-refractivity contribution in [2.24, 2.45) is 5.92 Å². The highest BCUT2D eigenvalue weighted by Gasteiger charge is 2.29. The number of carboxylic acid groups (broad SMARTS) is 1. The number of ether oxygens (including phenoxy) is 1. The van der Waals surface area contributed by atoms with Crippen molar-refractivity contribution in [2.75, 3.05) is 13.7 Å². The van der Waals surface area contributed by atoms with E-state index in [2.05, 4.69) is 10.6 Å². The lowest BCUT2D eigenvalue weighted by Crippen LogP contribution is -2.49. The lowest BCUT2D eigenvalue weighted by molar-refractivity contribution is -0.141. The number of nitrogens with one attached hydrogen (secondary N) is 2. The van der Waals surface area contributed by atoms with Crippen LogP contribution in [0.4, 0.5) is 22.0 Å². The van der Waals surface area contributed by atoms with Gasteiger partial charge in [-0.25, -0.2) is 13.2 Å². The third-order valence-corrected chi connectivity index (χ3v) is 5.81. The molecule has 0 radical (unpaired) electrons. The zero-order valence-electron chi connectivity index (χ0n) is 20.0. The number of likely N-dealkylation sites (N-methyl/N-ethyl adjacent to an activating group) is 1. The summed E-state index contributed by atoms with van der Waals surface area (Å²) in [6.45, 7) is -0.751. The van der Waals surface area contributed by atoms with Crippen molar-refractivity contribution in [3.63, 3.8) is 0 Å². The van der Waals surface area contributed by atoms with Crippen LogP contribution in [-0.2, 0) is 20.8 Å². The maximum atomic E-state index is 13.8. The summed E-state index contributed by atoms with van der Waals surface area (Å²) < 4.78 is 72.4. The van der Waals surface area contributed by atoms with Crippen LogP contribution in [0.2, 0.25) is 0 Å². The standard InChI is InChI=1S/C26H23F5N2O5/c1-32-26(37)17(11-13-6-7-14-4-2-3-5-15(14)10-13)33-25(36)16(12-18(34)35)8-9-38-24-22(30)20(28)19(27)21(29)23(24)31/h2-7,10,16-17H,8-9,11-12H2,1H3,(H,32,37)(H,33,36)(H,34,35). The zero-order valence-corrected chi connectivity index (χ0v) is 20.0. The summed E-state index contributed by atoms with van der Waals surface area (Å²) in [7, 11) is 1.36. The fraction of sp³-hybridized carbons (Fsp3) is 0.269. The molecule has 3 aromatic carbocycles. The van der Waals surface area contributed by atoms with Crippen molar-refractivity contribution in [1.82, 2.24) is 10.6 Å². The predicted molar refractivity (Wildman–Crippen MR) is 126 cm³/mol. The molecule has 0 aliphatic rings. The second-order valence-corrected chi connectivity index (χ2v) is 8.39. The maximum absolute atomic E-state index is 13.8. The van der Waals surface area contributed by atoms with E-state index >= 15 is 0 Å². The van der Waals surface area contributed by atoms with Gasteiger partial charge in [0.25, 0.3) is 0 Å². The molecule has 12 heteroatoms. The summed E-state index contributed by atoms with van der Waals surface area (Å²) in [4.78, 5) is 36.7. The van der Waals surface area contributed by atoms with Crippen LogP contribution in [0.1, 0.15) is 18.4 Å². The molecule has 2 unspecified atom stereocenters. The van der Waals surface area contributed by atoms with E-state index in [9.17, 15) is 41.4 Å². The zero-order chi connectivity index (χ0) is 28.0. The summed E-state index contributed by atoms with van der Waals surface area (Å²) in [5.41, 5.74) is 0.710. The normalized spacial score (nSPS) is 12.6. The van der Waals surface area contributed by atoms with Crippen LogP contribution in [0.15, 0.2) is 42.5 Å². The van der Waals surface area contributed by atoms with Crippen LogP contribution in [0, 0.1) is 35.0 Å². The molecular formula is C26H23F5N2O5. The summed E-state index contributed by atoms with van der Waals surface area (Å²) in [6.07, 6.45) is -1.14. The van der Waals surface area contributed by atoms with Crippen LogP contribution in [-0.4, -0.2) is 42.6 Å². The number of amides is 2. The second-order valence-electron chi connectivity index (χ2n) is 8.39. The Morgan fingerprint density at radius 3 is 2.08 bits per heavy atom. The number of hydrogen-bond acceptors (Lipinski definition) is 4. The Bertz CT molecular complexity index is 1340. The summed E-state index contributed by atoms with van der Waals surface area (Å²) in [5, 5.41) is 16.0. The number of fused-ring (bicyclic) bond motifs is 1. The summed E-state index contributed by atoms with van der Waals surface area (Å²) in [6, 6.07) is 11.9. The molecule has 0 bridgehead atoms. The molecule has 0 saturated heterocycles. The number of rotatable bonds is 11. The molecule has 2 amide bonds. The maximum Gasteiger partial charge on any atom is 0.304 e. The first kappa shape index (κ1) is 28.4. The van der Waals surface area contributed by atoms with Crippen molar-refractivity contribution in [1.29, 1.82) is 0 Å². The molecule has 0 fully saturated rings. The summed E-state index contributed by atoms with van der Waals surface area (Å²) in [5.74, 6) is -16.9. The van der Waals surface area contributed by atoms with Gasteiger partial charge in [-0.05, 0) is 22.8 Å². The molecule has 3 aromatic rings. The van der Waals surface area contributed by atoms with Crippen molar-refractivity contribution in [3.05, 3.63) is 77.1 Å². The Morgan fingerprint density at radius 1 is 0.868 bits per heavy atom. The Balaban J connectivity index is 1.73. The van der Waals surface area contributed by atoms with Gasteiger partial charge >= 0.3 is 5.97 Å². The van der Waals surface area contributed by atoms with Crippen molar-refractivity contribution < 1.29 is 46.2 Å². The molecule has 38 heavy (non-hydrogen) atoms. The quantitative estimate of drug-likeness (QED) is 0.195. The number of carbonyl (C=O) groups is 3. The number of carboxylic acids is 1. The second kappa shape index (κ2) is 12.3. The minimum absolute atomic E-state index is 0.0666. The molecule has 0 saturated carbocycles. The van der Waals surface area contributed by atoms with Crippen LogP contribution in [0.5, 0.6) is 5.75 Å². The van der Waals surface area contributed by atoms with E-state index in [0.717, 1.165) is 10.8 Å². The highest BCUT2D eigenvalue weighted by molar-refractivity contribution is 5.90. The number of halogens is 5. The van der Waals surface area contributed by atoms with Gasteiger partial charge in [0.2, 0.25) is 40.9 Å².